The topological polar surface area (TPSA) is 69.3 Å². The number of thioether (sulfide) groups is 1. The second-order valence-corrected chi connectivity index (χ2v) is 7.50. The van der Waals surface area contributed by atoms with Gasteiger partial charge in [-0.2, -0.15) is 9.78 Å². The summed E-state index contributed by atoms with van der Waals surface area (Å²) in [6.45, 7) is 0. The molecule has 1 aliphatic heterocycles. The van der Waals surface area contributed by atoms with Gasteiger partial charge in [-0.3, -0.25) is 0 Å². The molecule has 6 nitrogen and oxygen atoms in total. The van der Waals surface area contributed by atoms with Crippen LogP contribution in [0.5, 0.6) is 0 Å². The van der Waals surface area contributed by atoms with E-state index < -0.39 is 0 Å². The van der Waals surface area contributed by atoms with Gasteiger partial charge >= 0.3 is 0 Å². The zero-order valence-electron chi connectivity index (χ0n) is 13.6. The molecule has 0 spiro atoms. The lowest BCUT2D eigenvalue weighted by Gasteiger charge is -2.11. The fourth-order valence-electron chi connectivity index (χ4n) is 2.73. The van der Waals surface area contributed by atoms with Crippen molar-refractivity contribution in [3.63, 3.8) is 0 Å². The van der Waals surface area contributed by atoms with Gasteiger partial charge in [-0.05, 0) is 42.5 Å². The van der Waals surface area contributed by atoms with E-state index in [1.807, 2.05) is 24.3 Å². The lowest BCUT2D eigenvalue weighted by molar-refractivity contribution is 0.565. The summed E-state index contributed by atoms with van der Waals surface area (Å²) in [5, 5.41) is 14.8. The van der Waals surface area contributed by atoms with Gasteiger partial charge in [0.05, 0.1) is 11.3 Å². The molecule has 9 heteroatoms. The average Bonchev–Trinajstić information content (AvgIpc) is 3.41. The van der Waals surface area contributed by atoms with Gasteiger partial charge in [0, 0.05) is 16.3 Å². The average molecular weight is 417 g/mol. The Kier molecular flexibility index (Phi) is 4.07. The highest BCUT2D eigenvalue weighted by Crippen LogP contribution is 2.33. The third kappa shape index (κ3) is 2.97. The molecule has 27 heavy (non-hydrogen) atoms. The van der Waals surface area contributed by atoms with Crippen LogP contribution in [0.15, 0.2) is 67.8 Å². The van der Waals surface area contributed by atoms with Crippen molar-refractivity contribution in [3.05, 3.63) is 64.5 Å². The van der Waals surface area contributed by atoms with E-state index in [0.717, 1.165) is 11.3 Å². The molecule has 0 N–H and O–H groups in total. The summed E-state index contributed by atoms with van der Waals surface area (Å²) in [7, 11) is 0. The van der Waals surface area contributed by atoms with Crippen LogP contribution in [0.1, 0.15) is 5.76 Å². The van der Waals surface area contributed by atoms with E-state index in [1.54, 1.807) is 29.1 Å². The third-order valence-corrected chi connectivity index (χ3v) is 5.48. The Bertz CT molecular complexity index is 1160. The number of aromatic nitrogens is 3. The highest BCUT2D eigenvalue weighted by Gasteiger charge is 2.23. The Morgan fingerprint density at radius 3 is 2.70 bits per heavy atom. The molecule has 5 rings (SSSR count). The minimum atomic E-state index is 0.532. The smallest absolute Gasteiger partial charge is 0.221 e. The fourth-order valence-corrected chi connectivity index (χ4v) is 4.05. The van der Waals surface area contributed by atoms with Crippen molar-refractivity contribution in [2.45, 2.75) is 5.16 Å². The minimum Gasteiger partial charge on any atom is -0.461 e. The lowest BCUT2D eigenvalue weighted by atomic mass is 10.2. The fraction of sp³-hybridized carbons (Fsp3) is 0.0556. The summed E-state index contributed by atoms with van der Waals surface area (Å²) in [5.41, 5.74) is 1.55. The molecule has 0 saturated carbocycles. The quantitative estimate of drug-likeness (QED) is 0.443. The van der Waals surface area contributed by atoms with Crippen LogP contribution in [0.2, 0.25) is 10.0 Å². The van der Waals surface area contributed by atoms with Gasteiger partial charge in [-0.1, -0.05) is 35.0 Å². The van der Waals surface area contributed by atoms with Gasteiger partial charge in [0.2, 0.25) is 11.0 Å². The number of benzene rings is 1. The van der Waals surface area contributed by atoms with Gasteiger partial charge in [-0.25, -0.2) is 0 Å². The standard InChI is InChI=1S/C18H10Cl2N4O2S/c19-10-3-4-11(12(20)8-10)14-5-6-15(26-14)13-9-27-18-22-21-17(24(18)23-13)16-2-1-7-25-16/h1-8H,9H2. The molecule has 134 valence electrons. The highest BCUT2D eigenvalue weighted by molar-refractivity contribution is 7.99. The molecule has 3 aromatic heterocycles. The molecule has 4 heterocycles. The summed E-state index contributed by atoms with van der Waals surface area (Å²) in [4.78, 5) is 0. The van der Waals surface area contributed by atoms with Crippen LogP contribution in [0.4, 0.5) is 0 Å². The first kappa shape index (κ1) is 16.7. The SMILES string of the molecule is Clc1ccc(-c2ccc(C3=Nn4c(nnc4-c4ccco4)SC3)o2)c(Cl)c1. The largest absolute Gasteiger partial charge is 0.461 e. The van der Waals surface area contributed by atoms with E-state index in [9.17, 15) is 0 Å². The molecule has 0 radical (unpaired) electrons. The van der Waals surface area contributed by atoms with Gasteiger partial charge < -0.3 is 8.83 Å². The minimum absolute atomic E-state index is 0.532. The predicted molar refractivity (Wildman–Crippen MR) is 105 cm³/mol. The van der Waals surface area contributed by atoms with Crippen molar-refractivity contribution in [3.8, 4) is 22.9 Å². The summed E-state index contributed by atoms with van der Waals surface area (Å²) in [5.74, 6) is 3.09. The number of fused-ring (bicyclic) bond motifs is 1. The van der Waals surface area contributed by atoms with Gasteiger partial charge in [0.15, 0.2) is 11.5 Å². The second kappa shape index (κ2) is 6.60. The van der Waals surface area contributed by atoms with E-state index in [0.29, 0.717) is 44.1 Å². The van der Waals surface area contributed by atoms with Crippen LogP contribution in [0.3, 0.4) is 0 Å². The second-order valence-electron chi connectivity index (χ2n) is 5.72. The zero-order chi connectivity index (χ0) is 18.4. The number of furan rings is 2. The number of halogens is 2. The van der Waals surface area contributed by atoms with Crippen molar-refractivity contribution in [2.75, 3.05) is 5.75 Å². The number of hydrogen-bond acceptors (Lipinski definition) is 6. The molecular weight excluding hydrogens is 407 g/mol. The molecular formula is C18H10Cl2N4O2S. The summed E-state index contributed by atoms with van der Waals surface area (Å²) in [6, 6.07) is 12.7. The van der Waals surface area contributed by atoms with Crippen LogP contribution in [-0.2, 0) is 0 Å². The Morgan fingerprint density at radius 1 is 1.00 bits per heavy atom. The molecule has 1 aliphatic rings. The Balaban J connectivity index is 1.53. The summed E-state index contributed by atoms with van der Waals surface area (Å²) >= 11 is 13.8. The molecule has 0 bridgehead atoms. The van der Waals surface area contributed by atoms with Crippen molar-refractivity contribution in [1.29, 1.82) is 0 Å². The summed E-state index contributed by atoms with van der Waals surface area (Å²) in [6.07, 6.45) is 1.59. The van der Waals surface area contributed by atoms with E-state index in [4.69, 9.17) is 32.0 Å². The van der Waals surface area contributed by atoms with Crippen LogP contribution in [0, 0.1) is 0 Å². The van der Waals surface area contributed by atoms with Gasteiger partial charge in [-0.15, -0.1) is 10.2 Å². The van der Waals surface area contributed by atoms with Crippen molar-refractivity contribution in [1.82, 2.24) is 14.9 Å². The molecule has 0 atom stereocenters. The molecule has 4 aromatic rings. The van der Waals surface area contributed by atoms with E-state index >= 15 is 0 Å². The maximum Gasteiger partial charge on any atom is 0.221 e. The van der Waals surface area contributed by atoms with E-state index in [1.165, 1.54) is 11.8 Å². The Morgan fingerprint density at radius 2 is 1.89 bits per heavy atom. The first-order valence-electron chi connectivity index (χ1n) is 7.94. The van der Waals surface area contributed by atoms with Gasteiger partial charge in [0.25, 0.3) is 0 Å². The Labute approximate surface area is 167 Å². The van der Waals surface area contributed by atoms with Crippen LogP contribution in [-0.4, -0.2) is 26.3 Å². The molecule has 1 aromatic carbocycles. The van der Waals surface area contributed by atoms with Crippen LogP contribution < -0.4 is 0 Å². The molecule has 0 unspecified atom stereocenters. The Hall–Kier alpha value is -2.48. The molecule has 0 amide bonds. The maximum absolute atomic E-state index is 6.28. The monoisotopic (exact) mass is 416 g/mol. The van der Waals surface area contributed by atoms with Crippen LogP contribution >= 0.6 is 35.0 Å². The van der Waals surface area contributed by atoms with E-state index in [2.05, 4.69) is 15.3 Å². The predicted octanol–water partition coefficient (Wildman–Crippen LogP) is 5.46. The lowest BCUT2D eigenvalue weighted by Crippen LogP contribution is -2.13. The normalized spacial score (nSPS) is 13.5. The first-order valence-corrected chi connectivity index (χ1v) is 9.69. The maximum atomic E-state index is 6.28. The van der Waals surface area contributed by atoms with E-state index in [-0.39, 0.29) is 0 Å². The first-order chi connectivity index (χ1) is 13.2. The number of hydrogen-bond donors (Lipinski definition) is 0. The molecule has 0 aliphatic carbocycles. The van der Waals surface area contributed by atoms with Crippen molar-refractivity contribution in [2.24, 2.45) is 5.10 Å². The zero-order valence-corrected chi connectivity index (χ0v) is 15.9. The third-order valence-electron chi connectivity index (χ3n) is 4.00. The van der Waals surface area contributed by atoms with Crippen LogP contribution in [0.25, 0.3) is 22.9 Å². The van der Waals surface area contributed by atoms with Gasteiger partial charge in [0.1, 0.15) is 11.5 Å². The number of rotatable bonds is 3. The molecule has 0 fully saturated rings. The molecule has 0 saturated heterocycles. The number of nitrogens with zero attached hydrogens (tertiary/aromatic N) is 4. The van der Waals surface area contributed by atoms with Crippen molar-refractivity contribution >= 4 is 40.7 Å². The summed E-state index contributed by atoms with van der Waals surface area (Å²) < 4.78 is 13.1. The van der Waals surface area contributed by atoms with Crippen molar-refractivity contribution < 1.29 is 8.83 Å². The highest BCUT2D eigenvalue weighted by atomic mass is 35.5.